The Kier molecular flexibility index (Phi) is 4.80. The molecular formula is C21H20N4O2. The molecular weight excluding hydrogens is 340 g/mol. The first-order valence-electron chi connectivity index (χ1n) is 8.94. The summed E-state index contributed by atoms with van der Waals surface area (Å²) in [6.45, 7) is 2.09. The van der Waals surface area contributed by atoms with Crippen LogP contribution in [0.3, 0.4) is 0 Å². The molecule has 27 heavy (non-hydrogen) atoms. The van der Waals surface area contributed by atoms with Gasteiger partial charge in [-0.15, -0.1) is 15.3 Å². The van der Waals surface area contributed by atoms with Crippen molar-refractivity contribution in [3.05, 3.63) is 66.7 Å². The van der Waals surface area contributed by atoms with E-state index in [0.717, 1.165) is 16.7 Å². The lowest BCUT2D eigenvalue weighted by atomic mass is 10.1. The summed E-state index contributed by atoms with van der Waals surface area (Å²) in [6.07, 6.45) is 0.0748. The maximum absolute atomic E-state index is 9.90. The highest BCUT2D eigenvalue weighted by molar-refractivity contribution is 5.72. The number of aromatic nitrogens is 4. The standard InChI is InChI=1S/C21H20N4O2/c1-2-17(26)14-27-21-18(15-9-5-3-6-10-15)13-19-22-23-20(25(19)24-21)16-11-7-4-8-12-16/h3-13,17,26H,2,14H2,1H3. The number of fused-ring (bicyclic) bond motifs is 1. The predicted octanol–water partition coefficient (Wildman–Crippen LogP) is 3.61. The molecule has 0 aliphatic heterocycles. The Morgan fingerprint density at radius 1 is 0.963 bits per heavy atom. The topological polar surface area (TPSA) is 72.5 Å². The van der Waals surface area contributed by atoms with E-state index in [2.05, 4.69) is 15.3 Å². The Hall–Kier alpha value is -3.25. The van der Waals surface area contributed by atoms with Gasteiger partial charge in [-0.1, -0.05) is 67.6 Å². The van der Waals surface area contributed by atoms with Crippen LogP contribution in [0.15, 0.2) is 66.7 Å². The summed E-state index contributed by atoms with van der Waals surface area (Å²) in [5.74, 6) is 1.09. The highest BCUT2D eigenvalue weighted by Crippen LogP contribution is 2.30. The molecule has 4 rings (SSSR count). The van der Waals surface area contributed by atoms with Crippen molar-refractivity contribution in [2.45, 2.75) is 19.4 Å². The van der Waals surface area contributed by atoms with E-state index in [0.29, 0.717) is 23.8 Å². The average molecular weight is 360 g/mol. The Morgan fingerprint density at radius 2 is 1.63 bits per heavy atom. The quantitative estimate of drug-likeness (QED) is 0.569. The summed E-state index contributed by atoms with van der Waals surface area (Å²) in [5.41, 5.74) is 3.34. The van der Waals surface area contributed by atoms with Crippen LogP contribution in [-0.4, -0.2) is 37.6 Å². The fourth-order valence-electron chi connectivity index (χ4n) is 2.81. The van der Waals surface area contributed by atoms with Gasteiger partial charge in [-0.2, -0.15) is 4.52 Å². The van der Waals surface area contributed by atoms with E-state index in [4.69, 9.17) is 4.74 Å². The molecule has 1 N–H and O–H groups in total. The molecule has 0 aliphatic carbocycles. The number of nitrogens with zero attached hydrogens (tertiary/aromatic N) is 4. The van der Waals surface area contributed by atoms with Crippen LogP contribution in [0.1, 0.15) is 13.3 Å². The van der Waals surface area contributed by atoms with Crippen LogP contribution in [0.2, 0.25) is 0 Å². The first-order chi connectivity index (χ1) is 13.3. The second-order valence-electron chi connectivity index (χ2n) is 6.26. The Bertz CT molecular complexity index is 1030. The van der Waals surface area contributed by atoms with Gasteiger partial charge in [0.1, 0.15) is 6.61 Å². The van der Waals surface area contributed by atoms with Crippen molar-refractivity contribution in [3.8, 4) is 28.4 Å². The summed E-state index contributed by atoms with van der Waals surface area (Å²) < 4.78 is 7.55. The molecule has 1 atom stereocenters. The number of aliphatic hydroxyl groups is 1. The molecule has 2 heterocycles. The van der Waals surface area contributed by atoms with E-state index in [1.54, 1.807) is 4.52 Å². The first kappa shape index (κ1) is 17.2. The van der Waals surface area contributed by atoms with Crippen LogP contribution in [0.25, 0.3) is 28.2 Å². The monoisotopic (exact) mass is 360 g/mol. The zero-order chi connectivity index (χ0) is 18.6. The van der Waals surface area contributed by atoms with Gasteiger partial charge in [0, 0.05) is 11.1 Å². The van der Waals surface area contributed by atoms with Crippen LogP contribution >= 0.6 is 0 Å². The molecule has 1 unspecified atom stereocenters. The normalized spacial score (nSPS) is 12.2. The van der Waals surface area contributed by atoms with Gasteiger partial charge < -0.3 is 9.84 Å². The number of aliphatic hydroxyl groups excluding tert-OH is 1. The lowest BCUT2D eigenvalue weighted by Crippen LogP contribution is -2.17. The van der Waals surface area contributed by atoms with Gasteiger partial charge in [0.2, 0.25) is 5.88 Å². The third kappa shape index (κ3) is 3.52. The SMILES string of the molecule is CCC(O)COc1nn2c(-c3ccccc3)nnc2cc1-c1ccccc1. The molecule has 0 aliphatic rings. The van der Waals surface area contributed by atoms with Gasteiger partial charge in [0.15, 0.2) is 11.5 Å². The van der Waals surface area contributed by atoms with Gasteiger partial charge >= 0.3 is 0 Å². The molecule has 0 amide bonds. The number of rotatable bonds is 6. The maximum atomic E-state index is 9.90. The number of benzene rings is 2. The van der Waals surface area contributed by atoms with Crippen molar-refractivity contribution in [3.63, 3.8) is 0 Å². The minimum Gasteiger partial charge on any atom is -0.473 e. The molecule has 0 saturated carbocycles. The number of hydrogen-bond donors (Lipinski definition) is 1. The van der Waals surface area contributed by atoms with Gasteiger partial charge in [0.25, 0.3) is 0 Å². The summed E-state index contributed by atoms with van der Waals surface area (Å²) in [4.78, 5) is 0. The van der Waals surface area contributed by atoms with Crippen LogP contribution in [-0.2, 0) is 0 Å². The van der Waals surface area contributed by atoms with Gasteiger partial charge in [-0.25, -0.2) is 0 Å². The highest BCUT2D eigenvalue weighted by atomic mass is 16.5. The molecule has 6 heteroatoms. The lowest BCUT2D eigenvalue weighted by molar-refractivity contribution is 0.101. The van der Waals surface area contributed by atoms with E-state index in [1.165, 1.54) is 0 Å². The van der Waals surface area contributed by atoms with E-state index in [-0.39, 0.29) is 6.61 Å². The summed E-state index contributed by atoms with van der Waals surface area (Å²) in [7, 11) is 0. The Labute approximate surface area is 157 Å². The van der Waals surface area contributed by atoms with Gasteiger partial charge in [-0.05, 0) is 18.1 Å². The number of hydrogen-bond acceptors (Lipinski definition) is 5. The largest absolute Gasteiger partial charge is 0.473 e. The Balaban J connectivity index is 1.84. The molecule has 0 bridgehead atoms. The molecule has 0 radical (unpaired) electrons. The number of ether oxygens (including phenoxy) is 1. The maximum Gasteiger partial charge on any atom is 0.239 e. The average Bonchev–Trinajstić information content (AvgIpc) is 3.15. The molecule has 2 aromatic carbocycles. The van der Waals surface area contributed by atoms with Crippen molar-refractivity contribution in [2.24, 2.45) is 0 Å². The summed E-state index contributed by atoms with van der Waals surface area (Å²) in [5, 5.41) is 23.1. The first-order valence-corrected chi connectivity index (χ1v) is 8.94. The minimum absolute atomic E-state index is 0.178. The second kappa shape index (κ2) is 7.55. The molecule has 6 nitrogen and oxygen atoms in total. The van der Waals surface area contributed by atoms with Crippen LogP contribution in [0, 0.1) is 0 Å². The van der Waals surface area contributed by atoms with E-state index < -0.39 is 6.10 Å². The molecule has 4 aromatic rings. The third-order valence-electron chi connectivity index (χ3n) is 4.36. The van der Waals surface area contributed by atoms with E-state index in [1.807, 2.05) is 73.7 Å². The summed E-state index contributed by atoms with van der Waals surface area (Å²) >= 11 is 0. The minimum atomic E-state index is -0.541. The molecule has 2 aromatic heterocycles. The van der Waals surface area contributed by atoms with E-state index >= 15 is 0 Å². The van der Waals surface area contributed by atoms with E-state index in [9.17, 15) is 5.11 Å². The smallest absolute Gasteiger partial charge is 0.239 e. The Morgan fingerprint density at radius 3 is 2.30 bits per heavy atom. The molecule has 0 spiro atoms. The third-order valence-corrected chi connectivity index (χ3v) is 4.36. The molecule has 0 fully saturated rings. The van der Waals surface area contributed by atoms with Crippen molar-refractivity contribution in [1.82, 2.24) is 19.8 Å². The fourth-order valence-corrected chi connectivity index (χ4v) is 2.81. The fraction of sp³-hybridized carbons (Fsp3) is 0.190. The molecule has 0 saturated heterocycles. The lowest BCUT2D eigenvalue weighted by Gasteiger charge is -2.13. The zero-order valence-electron chi connectivity index (χ0n) is 15.0. The van der Waals surface area contributed by atoms with Crippen LogP contribution in [0.5, 0.6) is 5.88 Å². The highest BCUT2D eigenvalue weighted by Gasteiger charge is 2.16. The zero-order valence-corrected chi connectivity index (χ0v) is 15.0. The predicted molar refractivity (Wildman–Crippen MR) is 103 cm³/mol. The van der Waals surface area contributed by atoms with Gasteiger partial charge in [-0.3, -0.25) is 0 Å². The van der Waals surface area contributed by atoms with Crippen molar-refractivity contribution in [2.75, 3.05) is 6.61 Å². The van der Waals surface area contributed by atoms with Crippen molar-refractivity contribution < 1.29 is 9.84 Å². The van der Waals surface area contributed by atoms with Crippen LogP contribution in [0.4, 0.5) is 0 Å². The van der Waals surface area contributed by atoms with Crippen molar-refractivity contribution >= 4 is 5.65 Å². The molecule has 136 valence electrons. The van der Waals surface area contributed by atoms with Crippen LogP contribution < -0.4 is 4.74 Å². The van der Waals surface area contributed by atoms with Gasteiger partial charge in [0.05, 0.1) is 6.10 Å². The van der Waals surface area contributed by atoms with Crippen molar-refractivity contribution in [1.29, 1.82) is 0 Å². The second-order valence-corrected chi connectivity index (χ2v) is 6.26. The summed E-state index contributed by atoms with van der Waals surface area (Å²) in [6, 6.07) is 21.6.